The molecule has 1 aliphatic rings. The highest BCUT2D eigenvalue weighted by molar-refractivity contribution is 5.94. The first-order chi connectivity index (χ1) is 12.1. The van der Waals surface area contributed by atoms with Gasteiger partial charge in [0.1, 0.15) is 5.75 Å². The topological polar surface area (TPSA) is 62.7 Å². The fourth-order valence-electron chi connectivity index (χ4n) is 3.13. The van der Waals surface area contributed by atoms with Crippen molar-refractivity contribution in [2.24, 2.45) is 0 Å². The summed E-state index contributed by atoms with van der Waals surface area (Å²) in [5, 5.41) is 0. The largest absolute Gasteiger partial charge is 0.497 e. The van der Waals surface area contributed by atoms with E-state index in [-0.39, 0.29) is 17.9 Å². The lowest BCUT2D eigenvalue weighted by molar-refractivity contribution is -0.133. The molecule has 0 saturated carbocycles. The molecule has 25 heavy (non-hydrogen) atoms. The minimum Gasteiger partial charge on any atom is -0.497 e. The van der Waals surface area contributed by atoms with Gasteiger partial charge in [0, 0.05) is 44.5 Å². The molecule has 1 saturated heterocycles. The average molecular weight is 339 g/mol. The minimum absolute atomic E-state index is 0.0110. The number of benzene rings is 1. The van der Waals surface area contributed by atoms with Crippen molar-refractivity contribution in [1.29, 1.82) is 0 Å². The van der Waals surface area contributed by atoms with Gasteiger partial charge in [-0.1, -0.05) is 12.1 Å². The van der Waals surface area contributed by atoms with Crippen LogP contribution >= 0.6 is 0 Å². The predicted octanol–water partition coefficient (Wildman–Crippen LogP) is 2.14. The molecule has 1 aromatic carbocycles. The van der Waals surface area contributed by atoms with Crippen molar-refractivity contribution in [2.45, 2.75) is 13.0 Å². The molecule has 2 aromatic rings. The second kappa shape index (κ2) is 7.34. The van der Waals surface area contributed by atoms with Crippen LogP contribution in [0.25, 0.3) is 0 Å². The first-order valence-electron chi connectivity index (χ1n) is 8.20. The number of aromatic nitrogens is 1. The summed E-state index contributed by atoms with van der Waals surface area (Å²) < 4.78 is 5.20. The third-order valence-corrected chi connectivity index (χ3v) is 4.50. The van der Waals surface area contributed by atoms with Gasteiger partial charge in [-0.05, 0) is 29.8 Å². The van der Waals surface area contributed by atoms with Crippen LogP contribution in [0.5, 0.6) is 5.75 Å². The molecule has 1 fully saturated rings. The summed E-state index contributed by atoms with van der Waals surface area (Å²) in [5.41, 5.74) is 1.60. The number of hydrogen-bond acceptors (Lipinski definition) is 4. The molecule has 0 radical (unpaired) electrons. The lowest BCUT2D eigenvalue weighted by Gasteiger charge is -2.41. The van der Waals surface area contributed by atoms with Gasteiger partial charge < -0.3 is 14.5 Å². The standard InChI is InChI=1S/C19H21N3O3/c1-14(23)22-12-11-21(19(24)16-7-9-20-10-8-16)13-18(22)15-3-5-17(25-2)6-4-15/h3-10,18H,11-13H2,1-2H3/t18-/m0/s1. The molecule has 6 nitrogen and oxygen atoms in total. The maximum absolute atomic E-state index is 12.7. The SMILES string of the molecule is COc1ccc([C@@H]2CN(C(=O)c3ccncc3)CCN2C(C)=O)cc1. The Kier molecular flexibility index (Phi) is 4.97. The second-order valence-corrected chi connectivity index (χ2v) is 5.99. The van der Waals surface area contributed by atoms with E-state index in [9.17, 15) is 9.59 Å². The van der Waals surface area contributed by atoms with Crippen LogP contribution in [0.2, 0.25) is 0 Å². The lowest BCUT2D eigenvalue weighted by Crippen LogP contribution is -2.51. The Hall–Kier alpha value is -2.89. The number of ether oxygens (including phenoxy) is 1. The molecule has 3 rings (SSSR count). The zero-order valence-corrected chi connectivity index (χ0v) is 14.4. The van der Waals surface area contributed by atoms with Gasteiger partial charge in [0.15, 0.2) is 0 Å². The highest BCUT2D eigenvalue weighted by Crippen LogP contribution is 2.28. The summed E-state index contributed by atoms with van der Waals surface area (Å²) in [6, 6.07) is 10.9. The van der Waals surface area contributed by atoms with Crippen LogP contribution in [0.3, 0.4) is 0 Å². The van der Waals surface area contributed by atoms with Crippen LogP contribution in [0.4, 0.5) is 0 Å². The number of amides is 2. The molecule has 1 aliphatic heterocycles. The van der Waals surface area contributed by atoms with Gasteiger partial charge in [-0.3, -0.25) is 14.6 Å². The second-order valence-electron chi connectivity index (χ2n) is 5.99. The Morgan fingerprint density at radius 3 is 2.36 bits per heavy atom. The molecule has 2 amide bonds. The summed E-state index contributed by atoms with van der Waals surface area (Å²) in [5.74, 6) is 0.736. The van der Waals surface area contributed by atoms with E-state index in [1.165, 1.54) is 0 Å². The zero-order chi connectivity index (χ0) is 17.8. The van der Waals surface area contributed by atoms with Crippen LogP contribution in [-0.4, -0.2) is 53.3 Å². The van der Waals surface area contributed by atoms with Gasteiger partial charge in [0.25, 0.3) is 5.91 Å². The van der Waals surface area contributed by atoms with E-state index in [4.69, 9.17) is 4.74 Å². The Bertz CT molecular complexity index is 746. The number of hydrogen-bond donors (Lipinski definition) is 0. The minimum atomic E-state index is -0.164. The maximum atomic E-state index is 12.7. The van der Waals surface area contributed by atoms with Crippen molar-refractivity contribution >= 4 is 11.8 Å². The third-order valence-electron chi connectivity index (χ3n) is 4.50. The van der Waals surface area contributed by atoms with E-state index < -0.39 is 0 Å². The van der Waals surface area contributed by atoms with Crippen LogP contribution in [0.1, 0.15) is 28.9 Å². The molecule has 0 aliphatic carbocycles. The van der Waals surface area contributed by atoms with E-state index in [2.05, 4.69) is 4.98 Å². The number of carbonyl (C=O) groups excluding carboxylic acids is 2. The van der Waals surface area contributed by atoms with Crippen molar-refractivity contribution in [3.05, 3.63) is 59.9 Å². The van der Waals surface area contributed by atoms with Gasteiger partial charge >= 0.3 is 0 Å². The Balaban J connectivity index is 1.84. The van der Waals surface area contributed by atoms with Gasteiger partial charge in [-0.25, -0.2) is 0 Å². The smallest absolute Gasteiger partial charge is 0.254 e. The monoisotopic (exact) mass is 339 g/mol. The quantitative estimate of drug-likeness (QED) is 0.859. The normalized spacial score (nSPS) is 17.3. The van der Waals surface area contributed by atoms with Crippen molar-refractivity contribution in [2.75, 3.05) is 26.7 Å². The van der Waals surface area contributed by atoms with Crippen LogP contribution in [-0.2, 0) is 4.79 Å². The molecule has 0 unspecified atom stereocenters. The van der Waals surface area contributed by atoms with Gasteiger partial charge in [-0.15, -0.1) is 0 Å². The first-order valence-corrected chi connectivity index (χ1v) is 8.20. The van der Waals surface area contributed by atoms with Gasteiger partial charge in [0.2, 0.25) is 5.91 Å². The number of rotatable bonds is 3. The fraction of sp³-hybridized carbons (Fsp3) is 0.316. The zero-order valence-electron chi connectivity index (χ0n) is 14.4. The maximum Gasteiger partial charge on any atom is 0.254 e. The predicted molar refractivity (Wildman–Crippen MR) is 93.3 cm³/mol. The van der Waals surface area contributed by atoms with E-state index in [1.54, 1.807) is 43.5 Å². The summed E-state index contributed by atoms with van der Waals surface area (Å²) in [4.78, 5) is 32.3. The summed E-state index contributed by atoms with van der Waals surface area (Å²) in [6.45, 7) is 3.07. The highest BCUT2D eigenvalue weighted by Gasteiger charge is 2.32. The van der Waals surface area contributed by atoms with Crippen molar-refractivity contribution < 1.29 is 14.3 Å². The molecule has 0 N–H and O–H groups in total. The molecule has 2 heterocycles. The number of carbonyl (C=O) groups is 2. The molecular weight excluding hydrogens is 318 g/mol. The van der Waals surface area contributed by atoms with Crippen molar-refractivity contribution in [3.63, 3.8) is 0 Å². The first kappa shape index (κ1) is 17.0. The highest BCUT2D eigenvalue weighted by atomic mass is 16.5. The number of piperazine rings is 1. The van der Waals surface area contributed by atoms with Crippen LogP contribution < -0.4 is 4.74 Å². The molecule has 1 aromatic heterocycles. The molecule has 0 bridgehead atoms. The fourth-order valence-corrected chi connectivity index (χ4v) is 3.13. The van der Waals surface area contributed by atoms with E-state index in [0.717, 1.165) is 11.3 Å². The van der Waals surface area contributed by atoms with Crippen LogP contribution in [0.15, 0.2) is 48.8 Å². The summed E-state index contributed by atoms with van der Waals surface area (Å²) in [6.07, 6.45) is 3.22. The number of methoxy groups -OCH3 is 1. The Morgan fingerprint density at radius 2 is 1.76 bits per heavy atom. The van der Waals surface area contributed by atoms with Crippen molar-refractivity contribution in [1.82, 2.24) is 14.8 Å². The van der Waals surface area contributed by atoms with Crippen molar-refractivity contribution in [3.8, 4) is 5.75 Å². The molecule has 6 heteroatoms. The summed E-state index contributed by atoms with van der Waals surface area (Å²) in [7, 11) is 1.62. The van der Waals surface area contributed by atoms with Gasteiger partial charge in [0.05, 0.1) is 13.2 Å². The molecule has 0 spiro atoms. The number of pyridine rings is 1. The van der Waals surface area contributed by atoms with E-state index >= 15 is 0 Å². The average Bonchev–Trinajstić information content (AvgIpc) is 2.67. The Labute approximate surface area is 147 Å². The molecule has 1 atom stereocenters. The molecular formula is C19H21N3O3. The lowest BCUT2D eigenvalue weighted by atomic mass is 10.0. The molecule has 130 valence electrons. The van der Waals surface area contributed by atoms with E-state index in [0.29, 0.717) is 25.2 Å². The van der Waals surface area contributed by atoms with Crippen LogP contribution in [0, 0.1) is 0 Å². The summed E-state index contributed by atoms with van der Waals surface area (Å²) >= 11 is 0. The third kappa shape index (κ3) is 3.63. The Morgan fingerprint density at radius 1 is 1.08 bits per heavy atom. The number of nitrogens with zero attached hydrogens (tertiary/aromatic N) is 3. The van der Waals surface area contributed by atoms with Gasteiger partial charge in [-0.2, -0.15) is 0 Å². The van der Waals surface area contributed by atoms with E-state index in [1.807, 2.05) is 29.2 Å².